The summed E-state index contributed by atoms with van der Waals surface area (Å²) in [6, 6.07) is 12.9. The van der Waals surface area contributed by atoms with Crippen LogP contribution < -0.4 is 4.72 Å². The average molecular weight is 400 g/mol. The fourth-order valence-corrected chi connectivity index (χ4v) is 3.86. The van der Waals surface area contributed by atoms with Gasteiger partial charge in [-0.25, -0.2) is 13.1 Å². The maximum absolute atomic E-state index is 12.4. The lowest BCUT2D eigenvalue weighted by Gasteiger charge is -2.15. The number of benzene rings is 2. The summed E-state index contributed by atoms with van der Waals surface area (Å²) < 4.78 is 28.2. The predicted octanol–water partition coefficient (Wildman–Crippen LogP) is 4.01. The maximum atomic E-state index is 12.4. The van der Waals surface area contributed by atoms with Crippen LogP contribution in [0.1, 0.15) is 24.1 Å². The van der Waals surface area contributed by atoms with Gasteiger partial charge in [0, 0.05) is 10.5 Å². The standard InChI is InChI=1S/C15H12BrClN2O2S/c1-10(11-3-2-4-13(16)7-11)19-22(20,21)14-6-5-12(9-18)15(17)8-14/h2-8,10,19H,1H3. The highest BCUT2D eigenvalue weighted by molar-refractivity contribution is 9.10. The van der Waals surface area contributed by atoms with Gasteiger partial charge in [0.2, 0.25) is 10.0 Å². The van der Waals surface area contributed by atoms with Crippen molar-refractivity contribution in [2.45, 2.75) is 17.9 Å². The number of hydrogen-bond acceptors (Lipinski definition) is 3. The van der Waals surface area contributed by atoms with Crippen LogP contribution in [0.5, 0.6) is 0 Å². The molecule has 22 heavy (non-hydrogen) atoms. The Bertz CT molecular complexity index is 847. The first-order chi connectivity index (χ1) is 10.3. The molecule has 0 fully saturated rings. The van der Waals surface area contributed by atoms with Gasteiger partial charge in [-0.1, -0.05) is 39.7 Å². The molecule has 0 saturated carbocycles. The van der Waals surface area contributed by atoms with E-state index in [1.165, 1.54) is 18.2 Å². The minimum atomic E-state index is -3.73. The molecule has 0 spiro atoms. The molecule has 0 saturated heterocycles. The van der Waals surface area contributed by atoms with Crippen LogP contribution in [0.4, 0.5) is 0 Å². The molecule has 0 aliphatic carbocycles. The van der Waals surface area contributed by atoms with E-state index < -0.39 is 16.1 Å². The monoisotopic (exact) mass is 398 g/mol. The van der Waals surface area contributed by atoms with E-state index in [4.69, 9.17) is 16.9 Å². The zero-order chi connectivity index (χ0) is 16.3. The fourth-order valence-electron chi connectivity index (χ4n) is 1.90. The van der Waals surface area contributed by atoms with Crippen molar-refractivity contribution in [2.24, 2.45) is 0 Å². The first-order valence-electron chi connectivity index (χ1n) is 6.31. The molecule has 1 N–H and O–H groups in total. The largest absolute Gasteiger partial charge is 0.241 e. The first kappa shape index (κ1) is 17.0. The van der Waals surface area contributed by atoms with E-state index in [0.29, 0.717) is 0 Å². The summed E-state index contributed by atoms with van der Waals surface area (Å²) in [6.45, 7) is 1.75. The van der Waals surface area contributed by atoms with Crippen molar-refractivity contribution in [3.63, 3.8) is 0 Å². The second-order valence-corrected chi connectivity index (χ2v) is 7.69. The summed E-state index contributed by atoms with van der Waals surface area (Å²) in [4.78, 5) is 0.0262. The van der Waals surface area contributed by atoms with Gasteiger partial charge in [0.1, 0.15) is 6.07 Å². The number of halogens is 2. The summed E-state index contributed by atoms with van der Waals surface area (Å²) in [5.74, 6) is 0. The molecule has 114 valence electrons. The first-order valence-corrected chi connectivity index (χ1v) is 8.96. The van der Waals surface area contributed by atoms with Crippen LogP contribution in [0, 0.1) is 11.3 Å². The van der Waals surface area contributed by atoms with E-state index in [1.807, 2.05) is 30.3 Å². The number of hydrogen-bond donors (Lipinski definition) is 1. The Kier molecular flexibility index (Phi) is 5.24. The van der Waals surface area contributed by atoms with E-state index in [1.54, 1.807) is 6.92 Å². The molecule has 1 unspecified atom stereocenters. The van der Waals surface area contributed by atoms with Crippen molar-refractivity contribution in [1.82, 2.24) is 4.72 Å². The highest BCUT2D eigenvalue weighted by atomic mass is 79.9. The van der Waals surface area contributed by atoms with Gasteiger partial charge in [0.05, 0.1) is 15.5 Å². The SMILES string of the molecule is CC(NS(=O)(=O)c1ccc(C#N)c(Cl)c1)c1cccc(Br)c1. The summed E-state index contributed by atoms with van der Waals surface area (Å²) in [6.07, 6.45) is 0. The van der Waals surface area contributed by atoms with Crippen molar-refractivity contribution in [3.05, 3.63) is 63.1 Å². The Morgan fingerprint density at radius 3 is 2.59 bits per heavy atom. The molecule has 7 heteroatoms. The quantitative estimate of drug-likeness (QED) is 0.844. The number of rotatable bonds is 4. The van der Waals surface area contributed by atoms with Gasteiger partial charge in [0.25, 0.3) is 0 Å². The molecule has 0 amide bonds. The van der Waals surface area contributed by atoms with Crippen molar-refractivity contribution in [1.29, 1.82) is 5.26 Å². The van der Waals surface area contributed by atoms with Crippen LogP contribution in [0.3, 0.4) is 0 Å². The number of nitriles is 1. The Morgan fingerprint density at radius 1 is 1.27 bits per heavy atom. The van der Waals surface area contributed by atoms with E-state index in [2.05, 4.69) is 20.7 Å². The van der Waals surface area contributed by atoms with E-state index in [9.17, 15) is 8.42 Å². The fraction of sp³-hybridized carbons (Fsp3) is 0.133. The smallest absolute Gasteiger partial charge is 0.207 e. The molecule has 0 aliphatic heterocycles. The third-order valence-electron chi connectivity index (χ3n) is 3.05. The highest BCUT2D eigenvalue weighted by Gasteiger charge is 2.19. The Morgan fingerprint density at radius 2 is 2.00 bits per heavy atom. The molecule has 0 heterocycles. The molecule has 0 aromatic heterocycles. The summed E-state index contributed by atoms with van der Waals surface area (Å²) in [5, 5.41) is 8.94. The molecule has 1 atom stereocenters. The topological polar surface area (TPSA) is 70.0 Å². The van der Waals surface area contributed by atoms with Crippen LogP contribution in [0.25, 0.3) is 0 Å². The summed E-state index contributed by atoms with van der Waals surface area (Å²) >= 11 is 9.24. The molecule has 2 aromatic carbocycles. The molecule has 0 bridgehead atoms. The average Bonchev–Trinajstić information content (AvgIpc) is 2.46. The molecule has 4 nitrogen and oxygen atoms in total. The normalized spacial score (nSPS) is 12.6. The van der Waals surface area contributed by atoms with Gasteiger partial charge in [-0.05, 0) is 42.8 Å². The lowest BCUT2D eigenvalue weighted by Crippen LogP contribution is -2.26. The van der Waals surface area contributed by atoms with E-state index in [0.717, 1.165) is 10.0 Å². The lowest BCUT2D eigenvalue weighted by molar-refractivity contribution is 0.567. The highest BCUT2D eigenvalue weighted by Crippen LogP contribution is 2.23. The molecular weight excluding hydrogens is 388 g/mol. The molecule has 2 rings (SSSR count). The summed E-state index contributed by atoms with van der Waals surface area (Å²) in [7, 11) is -3.73. The summed E-state index contributed by atoms with van der Waals surface area (Å²) in [5.41, 5.74) is 1.07. The van der Waals surface area contributed by atoms with Crippen LogP contribution in [0.15, 0.2) is 51.8 Å². The van der Waals surface area contributed by atoms with Crippen molar-refractivity contribution in [2.75, 3.05) is 0 Å². The lowest BCUT2D eigenvalue weighted by atomic mass is 10.1. The second-order valence-electron chi connectivity index (χ2n) is 4.65. The van der Waals surface area contributed by atoms with Gasteiger partial charge in [-0.2, -0.15) is 5.26 Å². The van der Waals surface area contributed by atoms with Gasteiger partial charge in [-0.3, -0.25) is 0 Å². The Hall–Kier alpha value is -1.39. The van der Waals surface area contributed by atoms with Gasteiger partial charge >= 0.3 is 0 Å². The Labute approximate surface area is 142 Å². The zero-order valence-corrected chi connectivity index (χ0v) is 14.7. The van der Waals surface area contributed by atoms with Crippen LogP contribution in [-0.4, -0.2) is 8.42 Å². The molecular formula is C15H12BrClN2O2S. The van der Waals surface area contributed by atoms with E-state index >= 15 is 0 Å². The minimum Gasteiger partial charge on any atom is -0.207 e. The van der Waals surface area contributed by atoms with E-state index in [-0.39, 0.29) is 15.5 Å². The van der Waals surface area contributed by atoms with Gasteiger partial charge in [0.15, 0.2) is 0 Å². The second kappa shape index (κ2) is 6.80. The maximum Gasteiger partial charge on any atom is 0.241 e. The minimum absolute atomic E-state index is 0.0262. The van der Waals surface area contributed by atoms with Crippen molar-refractivity contribution >= 4 is 37.6 Å². The number of nitrogens with zero attached hydrogens (tertiary/aromatic N) is 1. The molecule has 2 aromatic rings. The number of sulfonamides is 1. The predicted molar refractivity (Wildman–Crippen MR) is 89.0 cm³/mol. The Balaban J connectivity index is 2.28. The van der Waals surface area contributed by atoms with Gasteiger partial charge in [-0.15, -0.1) is 0 Å². The van der Waals surface area contributed by atoms with Crippen molar-refractivity contribution in [3.8, 4) is 6.07 Å². The van der Waals surface area contributed by atoms with Gasteiger partial charge < -0.3 is 0 Å². The van der Waals surface area contributed by atoms with Crippen molar-refractivity contribution < 1.29 is 8.42 Å². The van der Waals surface area contributed by atoms with Crippen LogP contribution in [-0.2, 0) is 10.0 Å². The number of nitrogens with one attached hydrogen (secondary N) is 1. The molecule has 0 radical (unpaired) electrons. The third-order valence-corrected chi connectivity index (χ3v) is 5.40. The van der Waals surface area contributed by atoms with Crippen LogP contribution >= 0.6 is 27.5 Å². The van der Waals surface area contributed by atoms with Crippen LogP contribution in [0.2, 0.25) is 5.02 Å². The molecule has 0 aliphatic rings. The zero-order valence-electron chi connectivity index (χ0n) is 11.5. The third kappa shape index (κ3) is 3.87.